The summed E-state index contributed by atoms with van der Waals surface area (Å²) in [4.78, 5) is 17.3. The molecule has 0 bridgehead atoms. The van der Waals surface area contributed by atoms with Crippen molar-refractivity contribution in [3.8, 4) is 0 Å². The molecule has 0 saturated carbocycles. The van der Waals surface area contributed by atoms with Crippen LogP contribution < -0.4 is 0 Å². The van der Waals surface area contributed by atoms with E-state index in [1.54, 1.807) is 13.8 Å². The molecule has 4 nitrogen and oxygen atoms in total. The molecule has 0 fully saturated rings. The summed E-state index contributed by atoms with van der Waals surface area (Å²) in [6, 6.07) is 0. The first-order valence-corrected chi connectivity index (χ1v) is 6.32. The van der Waals surface area contributed by atoms with Gasteiger partial charge in [-0.25, -0.2) is 0 Å². The number of hydrogen-bond acceptors (Lipinski definition) is 2. The van der Waals surface area contributed by atoms with Crippen LogP contribution in [0.2, 0.25) is 0 Å². The lowest BCUT2D eigenvalue weighted by Gasteiger charge is -1.96. The first-order valence-electron chi connectivity index (χ1n) is 3.75. The molecule has 0 aliphatic carbocycles. The standard InChI is InChI=1S/C6H12O4P2.Al.3H/c1-5(11(7)8)3-4-6(2)12(9)10;;;;/h5-6H,3-4H2,1-2H3;;;;/p+2. The molecule has 0 aromatic heterocycles. The fourth-order valence-corrected chi connectivity index (χ4v) is 1.44. The maximum Gasteiger partial charge on any atom is 0.508 e. The largest absolute Gasteiger partial charge is 0.508 e. The van der Waals surface area contributed by atoms with E-state index in [9.17, 15) is 9.13 Å². The van der Waals surface area contributed by atoms with E-state index >= 15 is 0 Å². The van der Waals surface area contributed by atoms with Crippen molar-refractivity contribution in [2.75, 3.05) is 0 Å². The van der Waals surface area contributed by atoms with Crippen LogP contribution in [0.3, 0.4) is 0 Å². The zero-order chi connectivity index (χ0) is 9.72. The van der Waals surface area contributed by atoms with Crippen molar-refractivity contribution < 1.29 is 18.9 Å². The molecule has 4 unspecified atom stereocenters. The molecule has 0 aromatic carbocycles. The van der Waals surface area contributed by atoms with Crippen LogP contribution >= 0.6 is 16.1 Å². The lowest BCUT2D eigenvalue weighted by Crippen LogP contribution is -2.02. The summed E-state index contributed by atoms with van der Waals surface area (Å²) in [6.45, 7) is 3.33. The highest BCUT2D eigenvalue weighted by Gasteiger charge is 2.28. The van der Waals surface area contributed by atoms with Gasteiger partial charge in [0.15, 0.2) is 28.7 Å². The molecule has 0 spiro atoms. The van der Waals surface area contributed by atoms with Gasteiger partial charge in [0, 0.05) is 12.8 Å². The third kappa shape index (κ3) is 7.70. The third-order valence-corrected chi connectivity index (χ3v) is 3.78. The average molecular weight is 242 g/mol. The molecule has 0 heterocycles. The Labute approximate surface area is 90.6 Å². The molecule has 0 saturated heterocycles. The van der Waals surface area contributed by atoms with Crippen LogP contribution in [0, 0.1) is 0 Å². The minimum Gasteiger partial charge on any atom is -0.161 e. The van der Waals surface area contributed by atoms with Gasteiger partial charge in [-0.05, 0) is 23.0 Å². The number of rotatable bonds is 5. The summed E-state index contributed by atoms with van der Waals surface area (Å²) in [5.74, 6) is 0. The van der Waals surface area contributed by atoms with E-state index in [2.05, 4.69) is 0 Å². The quantitative estimate of drug-likeness (QED) is 0.553. The van der Waals surface area contributed by atoms with Crippen molar-refractivity contribution in [2.45, 2.75) is 38.0 Å². The second-order valence-electron chi connectivity index (χ2n) is 2.88. The average Bonchev–Trinajstić information content (AvgIpc) is 1.98. The highest BCUT2D eigenvalue weighted by Crippen LogP contribution is 2.31. The van der Waals surface area contributed by atoms with Crippen molar-refractivity contribution in [3.63, 3.8) is 0 Å². The summed E-state index contributed by atoms with van der Waals surface area (Å²) >= 11 is 0. The van der Waals surface area contributed by atoms with E-state index in [0.717, 1.165) is 0 Å². The van der Waals surface area contributed by atoms with Gasteiger partial charge in [0.2, 0.25) is 0 Å². The fourth-order valence-electron chi connectivity index (χ4n) is 0.703. The first kappa shape index (κ1) is 16.1. The molecule has 2 N–H and O–H groups in total. The Hall–Kier alpha value is 0.652. The van der Waals surface area contributed by atoms with Crippen molar-refractivity contribution in [1.82, 2.24) is 0 Å². The monoisotopic (exact) mass is 242 g/mol. The second kappa shape index (κ2) is 8.00. The Kier molecular flexibility index (Phi) is 9.91. The summed E-state index contributed by atoms with van der Waals surface area (Å²) in [7, 11) is -4.28. The van der Waals surface area contributed by atoms with E-state index in [4.69, 9.17) is 9.79 Å². The molecular weight excluding hydrogens is 225 g/mol. The maximum atomic E-state index is 10.5. The Morgan fingerprint density at radius 2 is 1.23 bits per heavy atom. The lowest BCUT2D eigenvalue weighted by molar-refractivity contribution is 0.473. The smallest absolute Gasteiger partial charge is 0.161 e. The Morgan fingerprint density at radius 1 is 1.00 bits per heavy atom. The molecule has 0 amide bonds. The summed E-state index contributed by atoms with van der Waals surface area (Å²) < 4.78 is 21.0. The van der Waals surface area contributed by atoms with Crippen LogP contribution in [0.15, 0.2) is 0 Å². The van der Waals surface area contributed by atoms with Gasteiger partial charge in [-0.15, -0.1) is 0 Å². The Morgan fingerprint density at radius 3 is 1.38 bits per heavy atom. The molecular formula is C6H17AlO4P2+2. The first-order chi connectivity index (χ1) is 5.45. The molecule has 13 heavy (non-hydrogen) atoms. The van der Waals surface area contributed by atoms with Crippen LogP contribution in [-0.2, 0) is 9.13 Å². The zero-order valence-corrected chi connectivity index (χ0v) is 8.96. The predicted molar refractivity (Wildman–Crippen MR) is 57.7 cm³/mol. The molecule has 76 valence electrons. The van der Waals surface area contributed by atoms with Gasteiger partial charge in [-0.3, -0.25) is 0 Å². The van der Waals surface area contributed by atoms with Crippen LogP contribution in [0.25, 0.3) is 0 Å². The van der Waals surface area contributed by atoms with Gasteiger partial charge in [0.1, 0.15) is 0 Å². The molecule has 0 aliphatic heterocycles. The van der Waals surface area contributed by atoms with E-state index in [0.29, 0.717) is 12.8 Å². The van der Waals surface area contributed by atoms with E-state index in [1.807, 2.05) is 0 Å². The fraction of sp³-hybridized carbons (Fsp3) is 1.00. The molecule has 0 aromatic rings. The van der Waals surface area contributed by atoms with Crippen molar-refractivity contribution >= 4 is 33.4 Å². The lowest BCUT2D eigenvalue weighted by atomic mass is 10.2. The van der Waals surface area contributed by atoms with Crippen LogP contribution in [0.1, 0.15) is 26.7 Å². The zero-order valence-electron chi connectivity index (χ0n) is 7.17. The molecule has 0 aliphatic rings. The normalized spacial score (nSPS) is 16.9. The van der Waals surface area contributed by atoms with Crippen molar-refractivity contribution in [1.29, 1.82) is 0 Å². The molecule has 4 atom stereocenters. The highest BCUT2D eigenvalue weighted by atomic mass is 31.1. The van der Waals surface area contributed by atoms with Crippen LogP contribution in [-0.4, -0.2) is 38.5 Å². The molecule has 0 radical (unpaired) electrons. The number of hydrogen-bond donors (Lipinski definition) is 2. The topological polar surface area (TPSA) is 74.6 Å². The minimum atomic E-state index is -2.14. The Bertz CT molecular complexity index is 167. The molecule has 7 heteroatoms. The predicted octanol–water partition coefficient (Wildman–Crippen LogP) is 0.829. The minimum absolute atomic E-state index is 0. The Balaban J connectivity index is 0. The van der Waals surface area contributed by atoms with Crippen LogP contribution in [0.5, 0.6) is 0 Å². The van der Waals surface area contributed by atoms with Crippen LogP contribution in [0.4, 0.5) is 0 Å². The third-order valence-electron chi connectivity index (χ3n) is 1.76. The van der Waals surface area contributed by atoms with Gasteiger partial charge in [-0.2, -0.15) is 9.79 Å². The van der Waals surface area contributed by atoms with Crippen molar-refractivity contribution in [2.24, 2.45) is 0 Å². The van der Waals surface area contributed by atoms with Gasteiger partial charge in [-0.1, -0.05) is 0 Å². The SMILES string of the molecule is CC(CCC(C)[P+](=O)O)[P+](=O)O.[AlH3]. The highest BCUT2D eigenvalue weighted by molar-refractivity contribution is 7.39. The second-order valence-corrected chi connectivity index (χ2v) is 5.85. The summed E-state index contributed by atoms with van der Waals surface area (Å²) in [6.07, 6.45) is 1.04. The maximum absolute atomic E-state index is 10.5. The van der Waals surface area contributed by atoms with Crippen molar-refractivity contribution in [3.05, 3.63) is 0 Å². The molecule has 0 rings (SSSR count). The van der Waals surface area contributed by atoms with Gasteiger partial charge in [0.05, 0.1) is 0 Å². The van der Waals surface area contributed by atoms with E-state index in [1.165, 1.54) is 0 Å². The summed E-state index contributed by atoms with van der Waals surface area (Å²) in [5, 5.41) is 0. The van der Waals surface area contributed by atoms with Gasteiger partial charge in [0.25, 0.3) is 0 Å². The van der Waals surface area contributed by atoms with Gasteiger partial charge < -0.3 is 0 Å². The van der Waals surface area contributed by atoms with E-state index in [-0.39, 0.29) is 28.7 Å². The summed E-state index contributed by atoms with van der Waals surface area (Å²) in [5.41, 5.74) is -0.560. The van der Waals surface area contributed by atoms with E-state index < -0.39 is 16.1 Å². The van der Waals surface area contributed by atoms with Gasteiger partial charge >= 0.3 is 16.1 Å².